The lowest BCUT2D eigenvalue weighted by atomic mass is 10.3. The number of nitrogens with one attached hydrogen (secondary N) is 1. The van der Waals surface area contributed by atoms with Crippen LogP contribution in [0.25, 0.3) is 0 Å². The van der Waals surface area contributed by atoms with E-state index in [0.29, 0.717) is 0 Å². The van der Waals surface area contributed by atoms with Gasteiger partial charge in [0.25, 0.3) is 0 Å². The van der Waals surface area contributed by atoms with Crippen LogP contribution in [0.4, 0.5) is 0 Å². The number of hydrogen-bond donors (Lipinski definition) is 1. The van der Waals surface area contributed by atoms with Crippen molar-refractivity contribution < 1.29 is 4.74 Å². The van der Waals surface area contributed by atoms with Crippen LogP contribution < -0.4 is 10.1 Å². The molecule has 0 heterocycles. The Morgan fingerprint density at radius 3 is 2.56 bits per heavy atom. The summed E-state index contributed by atoms with van der Waals surface area (Å²) >= 11 is 3.40. The third kappa shape index (κ3) is 6.13. The van der Waals surface area contributed by atoms with E-state index in [4.69, 9.17) is 4.74 Å². The second-order valence-electron chi connectivity index (χ2n) is 3.76. The molecule has 0 bridgehead atoms. The first kappa shape index (κ1) is 13.5. The molecule has 0 aliphatic rings. The number of rotatable bonds is 8. The number of unbranched alkanes of at least 4 members (excludes halogenated alkanes) is 1. The Kier molecular flexibility index (Phi) is 7.26. The summed E-state index contributed by atoms with van der Waals surface area (Å²) in [7, 11) is 0. The zero-order valence-corrected chi connectivity index (χ0v) is 11.4. The average Bonchev–Trinajstić information content (AvgIpc) is 2.30. The van der Waals surface area contributed by atoms with Crippen LogP contribution in [0.15, 0.2) is 28.7 Å². The third-order valence-electron chi connectivity index (χ3n) is 2.26. The van der Waals surface area contributed by atoms with Crippen molar-refractivity contribution in [3.8, 4) is 5.75 Å². The first-order valence-corrected chi connectivity index (χ1v) is 6.71. The minimum atomic E-state index is 0.801. The molecule has 0 saturated heterocycles. The lowest BCUT2D eigenvalue weighted by molar-refractivity contribution is 0.306. The summed E-state index contributed by atoms with van der Waals surface area (Å²) in [4.78, 5) is 0. The van der Waals surface area contributed by atoms with Gasteiger partial charge in [0, 0.05) is 4.47 Å². The van der Waals surface area contributed by atoms with Crippen molar-refractivity contribution in [3.05, 3.63) is 28.7 Å². The second kappa shape index (κ2) is 8.59. The smallest absolute Gasteiger partial charge is 0.119 e. The van der Waals surface area contributed by atoms with Crippen molar-refractivity contribution in [2.45, 2.75) is 26.2 Å². The standard InChI is InChI=1S/C13H20BrNO/c1-2-9-15-10-3-4-11-16-13-7-5-12(14)6-8-13/h5-8,15H,2-4,9-11H2,1H3. The van der Waals surface area contributed by atoms with Gasteiger partial charge in [-0.25, -0.2) is 0 Å². The van der Waals surface area contributed by atoms with Gasteiger partial charge in [-0.1, -0.05) is 22.9 Å². The van der Waals surface area contributed by atoms with Crippen molar-refractivity contribution in [3.63, 3.8) is 0 Å². The van der Waals surface area contributed by atoms with Crippen LogP contribution in [0, 0.1) is 0 Å². The van der Waals surface area contributed by atoms with E-state index in [1.54, 1.807) is 0 Å². The van der Waals surface area contributed by atoms with Gasteiger partial charge in [-0.3, -0.25) is 0 Å². The fourth-order valence-electron chi connectivity index (χ4n) is 1.37. The molecule has 16 heavy (non-hydrogen) atoms. The van der Waals surface area contributed by atoms with E-state index in [1.165, 1.54) is 12.8 Å². The molecule has 1 aromatic carbocycles. The van der Waals surface area contributed by atoms with Crippen molar-refractivity contribution in [1.29, 1.82) is 0 Å². The van der Waals surface area contributed by atoms with E-state index < -0.39 is 0 Å². The van der Waals surface area contributed by atoms with E-state index in [9.17, 15) is 0 Å². The Hall–Kier alpha value is -0.540. The molecule has 1 N–H and O–H groups in total. The van der Waals surface area contributed by atoms with E-state index in [1.807, 2.05) is 24.3 Å². The molecule has 0 spiro atoms. The summed E-state index contributed by atoms with van der Waals surface area (Å²) in [6.07, 6.45) is 3.48. The highest BCUT2D eigenvalue weighted by Crippen LogP contribution is 2.16. The Bertz CT molecular complexity index is 274. The van der Waals surface area contributed by atoms with Crippen molar-refractivity contribution in [2.24, 2.45) is 0 Å². The van der Waals surface area contributed by atoms with Gasteiger partial charge in [-0.05, 0) is 56.6 Å². The fraction of sp³-hybridized carbons (Fsp3) is 0.538. The zero-order chi connectivity index (χ0) is 11.6. The average molecular weight is 286 g/mol. The summed E-state index contributed by atoms with van der Waals surface area (Å²) < 4.78 is 6.71. The highest BCUT2D eigenvalue weighted by molar-refractivity contribution is 9.10. The van der Waals surface area contributed by atoms with Gasteiger partial charge in [0.2, 0.25) is 0 Å². The van der Waals surface area contributed by atoms with Crippen LogP contribution in [0.5, 0.6) is 5.75 Å². The Labute approximate surface area is 107 Å². The van der Waals surface area contributed by atoms with E-state index in [0.717, 1.165) is 36.3 Å². The van der Waals surface area contributed by atoms with Crippen LogP contribution in [0.2, 0.25) is 0 Å². The summed E-state index contributed by atoms with van der Waals surface area (Å²) in [6.45, 7) is 5.20. The van der Waals surface area contributed by atoms with E-state index in [2.05, 4.69) is 28.2 Å². The first-order valence-electron chi connectivity index (χ1n) is 5.92. The molecule has 0 aliphatic carbocycles. The Morgan fingerprint density at radius 2 is 1.88 bits per heavy atom. The predicted octanol–water partition coefficient (Wildman–Crippen LogP) is 3.61. The lowest BCUT2D eigenvalue weighted by Gasteiger charge is -2.06. The number of benzene rings is 1. The summed E-state index contributed by atoms with van der Waals surface area (Å²) in [5.41, 5.74) is 0. The van der Waals surface area contributed by atoms with Crippen LogP contribution in [0.3, 0.4) is 0 Å². The van der Waals surface area contributed by atoms with Gasteiger partial charge in [0.15, 0.2) is 0 Å². The predicted molar refractivity (Wildman–Crippen MR) is 72.0 cm³/mol. The zero-order valence-electron chi connectivity index (χ0n) is 9.84. The van der Waals surface area contributed by atoms with E-state index in [-0.39, 0.29) is 0 Å². The topological polar surface area (TPSA) is 21.3 Å². The molecule has 2 nitrogen and oxygen atoms in total. The molecule has 0 saturated carbocycles. The van der Waals surface area contributed by atoms with Crippen LogP contribution >= 0.6 is 15.9 Å². The molecule has 0 aromatic heterocycles. The fourth-order valence-corrected chi connectivity index (χ4v) is 1.64. The highest BCUT2D eigenvalue weighted by Gasteiger charge is 1.93. The number of halogens is 1. The molecular weight excluding hydrogens is 266 g/mol. The molecular formula is C13H20BrNO. The summed E-state index contributed by atoms with van der Waals surface area (Å²) in [5.74, 6) is 0.949. The molecule has 3 heteroatoms. The van der Waals surface area contributed by atoms with Crippen LogP contribution in [-0.4, -0.2) is 19.7 Å². The van der Waals surface area contributed by atoms with Crippen LogP contribution in [0.1, 0.15) is 26.2 Å². The quantitative estimate of drug-likeness (QED) is 0.737. The molecule has 0 aliphatic heterocycles. The first-order chi connectivity index (χ1) is 7.83. The van der Waals surface area contributed by atoms with Crippen LogP contribution in [-0.2, 0) is 0 Å². The highest BCUT2D eigenvalue weighted by atomic mass is 79.9. The number of hydrogen-bond acceptors (Lipinski definition) is 2. The minimum Gasteiger partial charge on any atom is -0.494 e. The maximum atomic E-state index is 5.62. The molecule has 1 rings (SSSR count). The molecule has 0 atom stereocenters. The van der Waals surface area contributed by atoms with Crippen molar-refractivity contribution in [1.82, 2.24) is 5.32 Å². The SMILES string of the molecule is CCCNCCCCOc1ccc(Br)cc1. The Balaban J connectivity index is 2.01. The van der Waals surface area contributed by atoms with E-state index >= 15 is 0 Å². The summed E-state index contributed by atoms with van der Waals surface area (Å²) in [5, 5.41) is 3.38. The molecule has 0 amide bonds. The molecule has 0 fully saturated rings. The van der Waals surface area contributed by atoms with Gasteiger partial charge in [0.05, 0.1) is 6.61 Å². The maximum Gasteiger partial charge on any atom is 0.119 e. The van der Waals surface area contributed by atoms with Gasteiger partial charge in [0.1, 0.15) is 5.75 Å². The monoisotopic (exact) mass is 285 g/mol. The maximum absolute atomic E-state index is 5.62. The van der Waals surface area contributed by atoms with Gasteiger partial charge in [-0.2, -0.15) is 0 Å². The second-order valence-corrected chi connectivity index (χ2v) is 4.68. The van der Waals surface area contributed by atoms with Crippen molar-refractivity contribution >= 4 is 15.9 Å². The minimum absolute atomic E-state index is 0.801. The molecule has 0 unspecified atom stereocenters. The van der Waals surface area contributed by atoms with Crippen molar-refractivity contribution in [2.75, 3.05) is 19.7 Å². The molecule has 1 aromatic rings. The number of ether oxygens (including phenoxy) is 1. The Morgan fingerprint density at radius 1 is 1.12 bits per heavy atom. The van der Waals surface area contributed by atoms with Gasteiger partial charge >= 0.3 is 0 Å². The summed E-state index contributed by atoms with van der Waals surface area (Å²) in [6, 6.07) is 7.97. The van der Waals surface area contributed by atoms with Gasteiger partial charge in [-0.15, -0.1) is 0 Å². The molecule has 90 valence electrons. The van der Waals surface area contributed by atoms with Gasteiger partial charge < -0.3 is 10.1 Å². The largest absolute Gasteiger partial charge is 0.494 e. The normalized spacial score (nSPS) is 10.4. The molecule has 0 radical (unpaired) electrons. The third-order valence-corrected chi connectivity index (χ3v) is 2.79. The lowest BCUT2D eigenvalue weighted by Crippen LogP contribution is -2.16.